The van der Waals surface area contributed by atoms with Gasteiger partial charge in [0.05, 0.1) is 0 Å². The molecule has 0 heterocycles. The Morgan fingerprint density at radius 2 is 2.24 bits per heavy atom. The zero-order valence-corrected chi connectivity index (χ0v) is 11.5. The van der Waals surface area contributed by atoms with Gasteiger partial charge in [-0.15, -0.1) is 0 Å². The van der Waals surface area contributed by atoms with Crippen LogP contribution in [0.5, 0.6) is 5.75 Å². The molecule has 0 atom stereocenters. The number of aromatic carboxylic acids is 1. The molecule has 1 rings (SSSR count). The van der Waals surface area contributed by atoms with Crippen LogP contribution in [0, 0.1) is 0 Å². The second-order valence-electron chi connectivity index (χ2n) is 3.69. The Kier molecular flexibility index (Phi) is 5.44. The van der Waals surface area contributed by atoms with Gasteiger partial charge in [-0.1, -0.05) is 22.9 Å². The lowest BCUT2D eigenvalue weighted by Crippen LogP contribution is -2.24. The highest BCUT2D eigenvalue weighted by atomic mass is 79.9. The second-order valence-corrected chi connectivity index (χ2v) is 4.61. The fourth-order valence-electron chi connectivity index (χ4n) is 1.26. The van der Waals surface area contributed by atoms with Crippen molar-refractivity contribution in [3.05, 3.63) is 28.2 Å². The minimum absolute atomic E-state index is 0.187. The summed E-state index contributed by atoms with van der Waals surface area (Å²) in [6, 6.07) is 4.90. The van der Waals surface area contributed by atoms with Crippen molar-refractivity contribution in [2.45, 2.75) is 6.92 Å². The first-order chi connectivity index (χ1) is 8.04. The summed E-state index contributed by atoms with van der Waals surface area (Å²) in [5.74, 6) is -0.576. The van der Waals surface area contributed by atoms with E-state index in [1.54, 1.807) is 12.1 Å². The van der Waals surface area contributed by atoms with Crippen molar-refractivity contribution in [1.82, 2.24) is 4.90 Å². The van der Waals surface area contributed by atoms with Crippen molar-refractivity contribution in [1.29, 1.82) is 0 Å². The van der Waals surface area contributed by atoms with Gasteiger partial charge < -0.3 is 14.7 Å². The quantitative estimate of drug-likeness (QED) is 0.877. The highest BCUT2D eigenvalue weighted by Crippen LogP contribution is 2.23. The van der Waals surface area contributed by atoms with Crippen molar-refractivity contribution < 1.29 is 14.6 Å². The fraction of sp³-hybridized carbons (Fsp3) is 0.417. The third-order valence-corrected chi connectivity index (χ3v) is 2.94. The van der Waals surface area contributed by atoms with E-state index in [1.165, 1.54) is 6.07 Å². The summed E-state index contributed by atoms with van der Waals surface area (Å²) in [6.45, 7) is 4.23. The van der Waals surface area contributed by atoms with Crippen molar-refractivity contribution in [2.24, 2.45) is 0 Å². The van der Waals surface area contributed by atoms with Gasteiger partial charge in [-0.3, -0.25) is 0 Å². The number of halogens is 1. The molecule has 1 aromatic rings. The number of carboxylic acids is 1. The molecule has 5 heteroatoms. The van der Waals surface area contributed by atoms with Gasteiger partial charge in [0, 0.05) is 11.0 Å². The van der Waals surface area contributed by atoms with Crippen LogP contribution in [0.3, 0.4) is 0 Å². The number of benzene rings is 1. The van der Waals surface area contributed by atoms with E-state index in [4.69, 9.17) is 9.84 Å². The van der Waals surface area contributed by atoms with Crippen LogP contribution in [0.25, 0.3) is 0 Å². The molecule has 17 heavy (non-hydrogen) atoms. The lowest BCUT2D eigenvalue weighted by Gasteiger charge is -2.15. The summed E-state index contributed by atoms with van der Waals surface area (Å²) in [6.07, 6.45) is 0. The van der Waals surface area contributed by atoms with E-state index in [0.29, 0.717) is 12.4 Å². The molecule has 0 amide bonds. The second kappa shape index (κ2) is 6.61. The van der Waals surface area contributed by atoms with Gasteiger partial charge in [0.2, 0.25) is 0 Å². The zero-order valence-electron chi connectivity index (χ0n) is 9.94. The molecule has 0 radical (unpaired) electrons. The molecule has 0 unspecified atom stereocenters. The average Bonchev–Trinajstić information content (AvgIpc) is 2.28. The molecule has 0 saturated heterocycles. The molecule has 94 valence electrons. The molecule has 0 aliphatic heterocycles. The lowest BCUT2D eigenvalue weighted by atomic mass is 10.2. The molecule has 1 aromatic carbocycles. The summed E-state index contributed by atoms with van der Waals surface area (Å²) < 4.78 is 6.31. The molecule has 1 N–H and O–H groups in total. The highest BCUT2D eigenvalue weighted by molar-refractivity contribution is 9.10. The third kappa shape index (κ3) is 4.36. The molecule has 4 nitrogen and oxygen atoms in total. The van der Waals surface area contributed by atoms with E-state index < -0.39 is 5.97 Å². The van der Waals surface area contributed by atoms with Crippen LogP contribution in [0.4, 0.5) is 0 Å². The maximum Gasteiger partial charge on any atom is 0.339 e. The van der Waals surface area contributed by atoms with Crippen LogP contribution < -0.4 is 4.74 Å². The van der Waals surface area contributed by atoms with E-state index >= 15 is 0 Å². The van der Waals surface area contributed by atoms with Gasteiger partial charge in [0.25, 0.3) is 0 Å². The van der Waals surface area contributed by atoms with Crippen LogP contribution in [0.2, 0.25) is 0 Å². The third-order valence-electron chi connectivity index (χ3n) is 2.44. The molecule has 0 aromatic heterocycles. The van der Waals surface area contributed by atoms with Crippen LogP contribution in [-0.4, -0.2) is 42.7 Å². The molecular weight excluding hydrogens is 286 g/mol. The largest absolute Gasteiger partial charge is 0.491 e. The Morgan fingerprint density at radius 3 is 2.82 bits per heavy atom. The van der Waals surface area contributed by atoms with Gasteiger partial charge in [-0.2, -0.15) is 0 Å². The normalized spacial score (nSPS) is 10.6. The van der Waals surface area contributed by atoms with Crippen molar-refractivity contribution in [2.75, 3.05) is 26.7 Å². The van der Waals surface area contributed by atoms with Gasteiger partial charge in [-0.25, -0.2) is 4.79 Å². The van der Waals surface area contributed by atoms with Crippen LogP contribution >= 0.6 is 15.9 Å². The Bertz CT molecular complexity index is 395. The first kappa shape index (κ1) is 14.0. The number of nitrogens with zero attached hydrogens (tertiary/aromatic N) is 1. The first-order valence-corrected chi connectivity index (χ1v) is 6.18. The summed E-state index contributed by atoms with van der Waals surface area (Å²) in [5.41, 5.74) is 0.187. The Morgan fingerprint density at radius 1 is 1.53 bits per heavy atom. The predicted molar refractivity (Wildman–Crippen MR) is 69.8 cm³/mol. The number of rotatable bonds is 6. The van der Waals surface area contributed by atoms with E-state index in [1.807, 2.05) is 7.05 Å². The van der Waals surface area contributed by atoms with E-state index in [0.717, 1.165) is 17.6 Å². The summed E-state index contributed by atoms with van der Waals surface area (Å²) >= 11 is 3.30. The van der Waals surface area contributed by atoms with E-state index in [2.05, 4.69) is 27.8 Å². The van der Waals surface area contributed by atoms with Crippen molar-refractivity contribution in [3.63, 3.8) is 0 Å². The van der Waals surface area contributed by atoms with E-state index in [-0.39, 0.29) is 5.56 Å². The van der Waals surface area contributed by atoms with Crippen molar-refractivity contribution >= 4 is 21.9 Å². The fourth-order valence-corrected chi connectivity index (χ4v) is 1.60. The summed E-state index contributed by atoms with van der Waals surface area (Å²) in [4.78, 5) is 13.1. The van der Waals surface area contributed by atoms with Gasteiger partial charge in [-0.05, 0) is 31.8 Å². The Balaban J connectivity index is 2.68. The monoisotopic (exact) mass is 301 g/mol. The van der Waals surface area contributed by atoms with Crippen LogP contribution in [0.1, 0.15) is 17.3 Å². The SMILES string of the molecule is CCN(C)CCOc1cc(Br)ccc1C(=O)O. The number of likely N-dealkylation sites (N-methyl/N-ethyl adjacent to an activating group) is 1. The van der Waals surface area contributed by atoms with Gasteiger partial charge in [0.1, 0.15) is 17.9 Å². The Hall–Kier alpha value is -1.07. The van der Waals surface area contributed by atoms with E-state index in [9.17, 15) is 4.79 Å². The molecule has 0 aliphatic rings. The summed E-state index contributed by atoms with van der Waals surface area (Å²) in [7, 11) is 1.99. The number of carboxylic acid groups (broad SMARTS) is 1. The smallest absolute Gasteiger partial charge is 0.339 e. The zero-order chi connectivity index (χ0) is 12.8. The maximum atomic E-state index is 11.0. The minimum atomic E-state index is -0.976. The van der Waals surface area contributed by atoms with Crippen molar-refractivity contribution in [3.8, 4) is 5.75 Å². The molecular formula is C12H16BrNO3. The molecule has 0 fully saturated rings. The number of carbonyl (C=O) groups is 1. The van der Waals surface area contributed by atoms with Gasteiger partial charge in [0.15, 0.2) is 0 Å². The standard InChI is InChI=1S/C12H16BrNO3/c1-3-14(2)6-7-17-11-8-9(13)4-5-10(11)12(15)16/h4-5,8H,3,6-7H2,1-2H3,(H,15,16). The predicted octanol–water partition coefficient (Wildman–Crippen LogP) is 2.48. The highest BCUT2D eigenvalue weighted by Gasteiger charge is 2.11. The lowest BCUT2D eigenvalue weighted by molar-refractivity contribution is 0.0692. The maximum absolute atomic E-state index is 11.0. The molecule has 0 spiro atoms. The minimum Gasteiger partial charge on any atom is -0.491 e. The molecule has 0 bridgehead atoms. The Labute approximate surface area is 109 Å². The number of hydrogen-bond donors (Lipinski definition) is 1. The van der Waals surface area contributed by atoms with Crippen LogP contribution in [0.15, 0.2) is 22.7 Å². The first-order valence-electron chi connectivity index (χ1n) is 5.38. The molecule has 0 aliphatic carbocycles. The summed E-state index contributed by atoms with van der Waals surface area (Å²) in [5, 5.41) is 9.01. The van der Waals surface area contributed by atoms with Crippen LogP contribution in [-0.2, 0) is 0 Å². The molecule has 0 saturated carbocycles. The topological polar surface area (TPSA) is 49.8 Å². The van der Waals surface area contributed by atoms with Gasteiger partial charge >= 0.3 is 5.97 Å². The average molecular weight is 302 g/mol. The number of hydrogen-bond acceptors (Lipinski definition) is 3. The number of ether oxygens (including phenoxy) is 1.